The molecule has 0 aliphatic carbocycles. The molecule has 0 aromatic carbocycles. The van der Waals surface area contributed by atoms with E-state index < -0.39 is 16.3 Å². The summed E-state index contributed by atoms with van der Waals surface area (Å²) in [5.74, 6) is 0. The number of isothiocyanates is 1. The lowest BCUT2D eigenvalue weighted by Crippen LogP contribution is -2.27. The molecule has 1 saturated heterocycles. The maximum absolute atomic E-state index is 8.88. The van der Waals surface area contributed by atoms with Crippen LogP contribution in [0.4, 0.5) is 0 Å². The fraction of sp³-hybridized carbons (Fsp3) is 0.833. The number of hydrogen-bond donors (Lipinski definition) is 3. The van der Waals surface area contributed by atoms with Crippen LogP contribution in [0.15, 0.2) is 4.76 Å². The molecule has 0 radical (unpaired) electrons. The molecule has 16 heavy (non-hydrogen) atoms. The summed E-state index contributed by atoms with van der Waals surface area (Å²) in [5, 5.41) is 2.25. The van der Waals surface area contributed by atoms with Crippen molar-refractivity contribution in [3.05, 3.63) is 0 Å². The van der Waals surface area contributed by atoms with Crippen molar-refractivity contribution >= 4 is 33.7 Å². The second-order valence-electron chi connectivity index (χ2n) is 3.65. The molecule has 0 aromatic rings. The maximum Gasteiger partial charge on any atom is 0.466 e. The van der Waals surface area contributed by atoms with Gasteiger partial charge in [-0.15, -0.1) is 0 Å². The van der Waals surface area contributed by atoms with Crippen LogP contribution in [0.1, 0.15) is 13.8 Å². The monoisotopic (exact) mass is 289 g/mol. The summed E-state index contributed by atoms with van der Waals surface area (Å²) in [6.45, 7) is 5.53. The van der Waals surface area contributed by atoms with Crippen LogP contribution in [-0.4, -0.2) is 33.1 Å². The Morgan fingerprint density at radius 3 is 2.06 bits per heavy atom. The summed E-state index contributed by atoms with van der Waals surface area (Å²) in [6, 6.07) is 0. The van der Waals surface area contributed by atoms with Gasteiger partial charge in [-0.25, -0.2) is 4.57 Å². The van der Waals surface area contributed by atoms with Gasteiger partial charge < -0.3 is 23.7 Å². The Morgan fingerprint density at radius 2 is 1.75 bits per heavy atom. The maximum atomic E-state index is 8.88. The van der Waals surface area contributed by atoms with Crippen LogP contribution >= 0.6 is 28.6 Å². The summed E-state index contributed by atoms with van der Waals surface area (Å²) < 4.78 is 23.2. The molecule has 0 amide bonds. The predicted octanol–water partition coefficient (Wildman–Crippen LogP) is 1.46. The third kappa shape index (κ3) is 10.8. The van der Waals surface area contributed by atoms with Gasteiger partial charge in [0.05, 0.1) is 18.4 Å². The van der Waals surface area contributed by atoms with Crippen LogP contribution in [0.5, 0.6) is 0 Å². The highest BCUT2D eigenvalue weighted by atomic mass is 32.1. The molecule has 0 bridgehead atoms. The summed E-state index contributed by atoms with van der Waals surface area (Å²) in [6.07, 6.45) is 0. The molecule has 1 fully saturated rings. The van der Waals surface area contributed by atoms with Crippen LogP contribution < -0.4 is 0 Å². The first-order valence-corrected chi connectivity index (χ1v) is 7.16. The zero-order valence-corrected chi connectivity index (χ0v) is 11.3. The molecule has 1 heterocycles. The van der Waals surface area contributed by atoms with Gasteiger partial charge in [0.2, 0.25) is 0 Å². The average molecular weight is 289 g/mol. The Hall–Kier alpha value is 0.260. The van der Waals surface area contributed by atoms with E-state index in [1.54, 1.807) is 0 Å². The second-order valence-corrected chi connectivity index (χ2v) is 6.05. The Balaban J connectivity index is 0.000000385. The predicted molar refractivity (Wildman–Crippen MR) is 61.9 cm³/mol. The minimum absolute atomic E-state index is 0.107. The number of thiocarbonyl (C=S) groups is 1. The molecule has 0 saturated carbocycles. The summed E-state index contributed by atoms with van der Waals surface area (Å²) in [4.78, 5) is 21.6. The normalized spacial score (nSPS) is 20.3. The zero-order chi connectivity index (χ0) is 12.8. The SMILES string of the molecule is CC1(C)COP(N=C=S)OC1.O=P(O)(O)O. The molecule has 94 valence electrons. The number of phosphoric acid groups is 1. The van der Waals surface area contributed by atoms with Crippen LogP contribution in [0.2, 0.25) is 0 Å². The first-order chi connectivity index (χ1) is 7.14. The molecular weight excluding hydrogens is 276 g/mol. The van der Waals surface area contributed by atoms with Gasteiger partial charge in [0.25, 0.3) is 0 Å². The van der Waals surface area contributed by atoms with Crippen molar-refractivity contribution in [3.63, 3.8) is 0 Å². The smallest absolute Gasteiger partial charge is 0.315 e. The summed E-state index contributed by atoms with van der Waals surface area (Å²) >= 11 is 4.43. The number of rotatable bonds is 1. The minimum atomic E-state index is -4.64. The lowest BCUT2D eigenvalue weighted by Gasteiger charge is -2.30. The largest absolute Gasteiger partial charge is 0.466 e. The molecule has 1 aliphatic heterocycles. The summed E-state index contributed by atoms with van der Waals surface area (Å²) in [5.41, 5.74) is 0.107. The van der Waals surface area contributed by atoms with Crippen molar-refractivity contribution in [2.24, 2.45) is 10.2 Å². The molecule has 7 nitrogen and oxygen atoms in total. The molecule has 1 aliphatic rings. The quantitative estimate of drug-likeness (QED) is 0.381. The van der Waals surface area contributed by atoms with E-state index in [1.165, 1.54) is 0 Å². The first-order valence-electron chi connectivity index (χ1n) is 4.06. The van der Waals surface area contributed by atoms with E-state index in [0.29, 0.717) is 13.2 Å². The fourth-order valence-corrected chi connectivity index (χ4v) is 2.01. The van der Waals surface area contributed by atoms with Gasteiger partial charge in [0.15, 0.2) is 0 Å². The Bertz CT molecular complexity index is 294. The molecule has 1 rings (SSSR count). The Morgan fingerprint density at radius 1 is 1.38 bits per heavy atom. The van der Waals surface area contributed by atoms with Gasteiger partial charge in [-0.05, 0) is 12.2 Å². The van der Waals surface area contributed by atoms with Crippen molar-refractivity contribution in [1.82, 2.24) is 0 Å². The Labute approximate surface area is 99.7 Å². The highest BCUT2D eigenvalue weighted by molar-refractivity contribution is 7.78. The van der Waals surface area contributed by atoms with Crippen molar-refractivity contribution in [3.8, 4) is 0 Å². The topological polar surface area (TPSA) is 109 Å². The van der Waals surface area contributed by atoms with E-state index in [4.69, 9.17) is 28.3 Å². The number of nitrogens with zero attached hydrogens (tertiary/aromatic N) is 1. The minimum Gasteiger partial charge on any atom is -0.315 e. The van der Waals surface area contributed by atoms with Gasteiger partial charge >= 0.3 is 16.3 Å². The van der Waals surface area contributed by atoms with Crippen molar-refractivity contribution in [2.45, 2.75) is 13.8 Å². The second kappa shape index (κ2) is 6.87. The zero-order valence-electron chi connectivity index (χ0n) is 8.73. The van der Waals surface area contributed by atoms with E-state index in [1.807, 2.05) is 0 Å². The lowest BCUT2D eigenvalue weighted by atomic mass is 9.97. The van der Waals surface area contributed by atoms with Crippen LogP contribution in [0, 0.1) is 5.41 Å². The van der Waals surface area contributed by atoms with Crippen molar-refractivity contribution in [1.29, 1.82) is 0 Å². The molecular formula is C6H13NO6P2S. The molecule has 0 aromatic heterocycles. The molecule has 3 N–H and O–H groups in total. The van der Waals surface area contributed by atoms with Crippen LogP contribution in [0.3, 0.4) is 0 Å². The highest BCUT2D eigenvalue weighted by Gasteiger charge is 2.28. The van der Waals surface area contributed by atoms with Gasteiger partial charge in [-0.2, -0.15) is 4.76 Å². The van der Waals surface area contributed by atoms with Gasteiger partial charge in [0, 0.05) is 5.41 Å². The standard InChI is InChI=1S/C6H10NO2PS.H3O4P/c1-6(2)3-8-10(7-5-11)9-4-6;1-5(2,3)4/h3-4H2,1-2H3;(H3,1,2,3,4). The molecule has 0 spiro atoms. The number of hydrogen-bond acceptors (Lipinski definition) is 5. The van der Waals surface area contributed by atoms with E-state index in [2.05, 4.69) is 36.0 Å². The first kappa shape index (κ1) is 16.3. The van der Waals surface area contributed by atoms with Gasteiger partial charge in [-0.3, -0.25) is 0 Å². The van der Waals surface area contributed by atoms with Crippen LogP contribution in [0.25, 0.3) is 0 Å². The van der Waals surface area contributed by atoms with E-state index in [-0.39, 0.29) is 5.41 Å². The van der Waals surface area contributed by atoms with Gasteiger partial charge in [-0.1, -0.05) is 13.8 Å². The summed E-state index contributed by atoms with van der Waals surface area (Å²) in [7, 11) is -5.76. The molecule has 10 heteroatoms. The lowest BCUT2D eigenvalue weighted by molar-refractivity contribution is 0.0621. The van der Waals surface area contributed by atoms with Crippen LogP contribution in [-0.2, 0) is 13.6 Å². The molecule has 0 atom stereocenters. The fourth-order valence-electron chi connectivity index (χ4n) is 0.630. The Kier molecular flexibility index (Phi) is 6.98. The van der Waals surface area contributed by atoms with Gasteiger partial charge in [0.1, 0.15) is 0 Å². The average Bonchev–Trinajstić information content (AvgIpc) is 2.06. The molecule has 0 unspecified atom stereocenters. The van der Waals surface area contributed by atoms with E-state index in [9.17, 15) is 0 Å². The third-order valence-corrected chi connectivity index (χ3v) is 2.44. The van der Waals surface area contributed by atoms with Crippen molar-refractivity contribution in [2.75, 3.05) is 13.2 Å². The van der Waals surface area contributed by atoms with Crippen molar-refractivity contribution < 1.29 is 28.3 Å². The third-order valence-electron chi connectivity index (χ3n) is 1.25. The highest BCUT2D eigenvalue weighted by Crippen LogP contribution is 2.46. The van der Waals surface area contributed by atoms with E-state index in [0.717, 1.165) is 0 Å². The van der Waals surface area contributed by atoms with E-state index >= 15 is 0 Å².